The highest BCUT2D eigenvalue weighted by molar-refractivity contribution is 6.01. The van der Waals surface area contributed by atoms with Crippen LogP contribution in [0, 0.1) is 5.92 Å². The number of nitrogens with one attached hydrogen (secondary N) is 3. The van der Waals surface area contributed by atoms with Gasteiger partial charge in [-0.15, -0.1) is 0 Å². The Morgan fingerprint density at radius 3 is 2.94 bits per heavy atom. The van der Waals surface area contributed by atoms with Crippen LogP contribution in [-0.2, 0) is 13.0 Å². The van der Waals surface area contributed by atoms with Crippen molar-refractivity contribution >= 4 is 22.1 Å². The smallest absolute Gasteiger partial charge is 0.328 e. The van der Waals surface area contributed by atoms with Gasteiger partial charge < -0.3 is 20.0 Å². The summed E-state index contributed by atoms with van der Waals surface area (Å²) >= 11 is 0. The van der Waals surface area contributed by atoms with E-state index in [2.05, 4.69) is 32.4 Å². The Bertz CT molecular complexity index is 1450. The molecule has 1 aliphatic carbocycles. The highest BCUT2D eigenvalue weighted by Gasteiger charge is 2.40. The maximum absolute atomic E-state index is 13.1. The average Bonchev–Trinajstić information content (AvgIpc) is 3.40. The number of methoxy groups -OCH3 is 1. The zero-order valence-electron chi connectivity index (χ0n) is 17.9. The van der Waals surface area contributed by atoms with Gasteiger partial charge in [0.05, 0.1) is 18.1 Å². The molecule has 1 saturated heterocycles. The van der Waals surface area contributed by atoms with Gasteiger partial charge in [0.1, 0.15) is 16.8 Å². The Labute approximate surface area is 183 Å². The fraction of sp³-hybridized carbons (Fsp3) is 0.375. The van der Waals surface area contributed by atoms with E-state index in [1.165, 1.54) is 15.7 Å². The standard InChI is InChI=1S/C24H25N5O3/c1-32-18-6-2-4-15-14(18)8-7-13-12-26-16(19(13)15)9-11-29-23(30)22-21(28-24(29)31)20-17(27-22)5-3-10-25-20/h2-6,10,13,16,19,26-27H,7-9,11-12H2,1H3,(H,28,31)/t13-,16?,19+/m0/s1. The first kappa shape index (κ1) is 19.3. The molecule has 3 N–H and O–H groups in total. The quantitative estimate of drug-likeness (QED) is 0.460. The van der Waals surface area contributed by atoms with E-state index in [1.807, 2.05) is 12.1 Å². The molecular formula is C24H25N5O3. The van der Waals surface area contributed by atoms with Crippen molar-refractivity contribution in [2.24, 2.45) is 5.92 Å². The van der Waals surface area contributed by atoms with Crippen molar-refractivity contribution in [2.75, 3.05) is 13.7 Å². The van der Waals surface area contributed by atoms with Crippen LogP contribution in [0.15, 0.2) is 46.1 Å². The molecule has 164 valence electrons. The summed E-state index contributed by atoms with van der Waals surface area (Å²) in [6.45, 7) is 1.32. The number of pyridine rings is 1. The van der Waals surface area contributed by atoms with E-state index < -0.39 is 5.69 Å². The van der Waals surface area contributed by atoms with Gasteiger partial charge in [0.2, 0.25) is 0 Å². The number of aromatic nitrogens is 4. The molecule has 3 aromatic heterocycles. The molecule has 32 heavy (non-hydrogen) atoms. The minimum absolute atomic E-state index is 0.206. The summed E-state index contributed by atoms with van der Waals surface area (Å²) in [6.07, 6.45) is 4.50. The average molecular weight is 431 g/mol. The molecule has 6 rings (SSSR count). The van der Waals surface area contributed by atoms with Crippen molar-refractivity contribution in [3.05, 3.63) is 68.5 Å². The first-order valence-corrected chi connectivity index (χ1v) is 11.1. The van der Waals surface area contributed by atoms with Gasteiger partial charge in [0, 0.05) is 24.7 Å². The molecule has 8 heteroatoms. The Morgan fingerprint density at radius 1 is 1.16 bits per heavy atom. The van der Waals surface area contributed by atoms with Crippen molar-refractivity contribution in [3.63, 3.8) is 0 Å². The lowest BCUT2D eigenvalue weighted by atomic mass is 9.73. The molecular weight excluding hydrogens is 406 g/mol. The second-order valence-electron chi connectivity index (χ2n) is 8.82. The third kappa shape index (κ3) is 2.82. The van der Waals surface area contributed by atoms with E-state index in [-0.39, 0.29) is 11.6 Å². The fourth-order valence-electron chi connectivity index (χ4n) is 5.78. The normalized spacial score (nSPS) is 22.2. The number of ether oxygens (including phenoxy) is 1. The predicted molar refractivity (Wildman–Crippen MR) is 122 cm³/mol. The van der Waals surface area contributed by atoms with Crippen molar-refractivity contribution in [1.82, 2.24) is 24.8 Å². The van der Waals surface area contributed by atoms with Crippen LogP contribution >= 0.6 is 0 Å². The number of aromatic amines is 2. The van der Waals surface area contributed by atoms with Crippen LogP contribution in [0.4, 0.5) is 0 Å². The second kappa shape index (κ2) is 7.34. The highest BCUT2D eigenvalue weighted by Crippen LogP contribution is 2.45. The Morgan fingerprint density at radius 2 is 2.06 bits per heavy atom. The molecule has 8 nitrogen and oxygen atoms in total. The van der Waals surface area contributed by atoms with Gasteiger partial charge in [0.15, 0.2) is 0 Å². The lowest BCUT2D eigenvalue weighted by molar-refractivity contribution is 0.371. The fourth-order valence-corrected chi connectivity index (χ4v) is 5.78. The van der Waals surface area contributed by atoms with Crippen LogP contribution in [0.25, 0.3) is 22.1 Å². The first-order chi connectivity index (χ1) is 15.7. The number of rotatable bonds is 4. The van der Waals surface area contributed by atoms with Gasteiger partial charge in [-0.25, -0.2) is 4.79 Å². The summed E-state index contributed by atoms with van der Waals surface area (Å²) in [5, 5.41) is 3.66. The van der Waals surface area contributed by atoms with Gasteiger partial charge in [-0.05, 0) is 61.1 Å². The van der Waals surface area contributed by atoms with Crippen LogP contribution < -0.4 is 21.3 Å². The molecule has 0 amide bonds. The number of hydrogen-bond acceptors (Lipinski definition) is 5. The summed E-state index contributed by atoms with van der Waals surface area (Å²) in [5.41, 5.74) is 4.15. The van der Waals surface area contributed by atoms with Crippen LogP contribution in [0.2, 0.25) is 0 Å². The summed E-state index contributed by atoms with van der Waals surface area (Å²) < 4.78 is 6.91. The van der Waals surface area contributed by atoms with Gasteiger partial charge in [-0.3, -0.25) is 14.3 Å². The van der Waals surface area contributed by atoms with Crippen LogP contribution in [0.3, 0.4) is 0 Å². The maximum atomic E-state index is 13.1. The van der Waals surface area contributed by atoms with Gasteiger partial charge in [-0.2, -0.15) is 0 Å². The molecule has 1 aromatic carbocycles. The highest BCUT2D eigenvalue weighted by atomic mass is 16.5. The molecule has 3 atom stereocenters. The van der Waals surface area contributed by atoms with Crippen LogP contribution in [0.1, 0.15) is 29.9 Å². The van der Waals surface area contributed by atoms with E-state index in [1.54, 1.807) is 19.4 Å². The summed E-state index contributed by atoms with van der Waals surface area (Å²) in [5.74, 6) is 1.89. The molecule has 0 saturated carbocycles. The minimum atomic E-state index is -0.394. The predicted octanol–water partition coefficient (Wildman–Crippen LogP) is 2.28. The largest absolute Gasteiger partial charge is 0.496 e. The van der Waals surface area contributed by atoms with Gasteiger partial charge in [-0.1, -0.05) is 12.1 Å². The molecule has 4 aromatic rings. The molecule has 1 unspecified atom stereocenters. The summed E-state index contributed by atoms with van der Waals surface area (Å²) in [7, 11) is 1.72. The lowest BCUT2D eigenvalue weighted by Crippen LogP contribution is -2.38. The molecule has 4 heterocycles. The lowest BCUT2D eigenvalue weighted by Gasteiger charge is -2.32. The van der Waals surface area contributed by atoms with E-state index in [0.717, 1.165) is 30.7 Å². The van der Waals surface area contributed by atoms with Crippen LogP contribution in [0.5, 0.6) is 5.75 Å². The van der Waals surface area contributed by atoms with E-state index >= 15 is 0 Å². The van der Waals surface area contributed by atoms with Crippen molar-refractivity contribution in [2.45, 2.75) is 37.8 Å². The Balaban J connectivity index is 1.33. The van der Waals surface area contributed by atoms with Gasteiger partial charge in [0.25, 0.3) is 5.56 Å². The number of nitrogens with zero attached hydrogens (tertiary/aromatic N) is 2. The summed E-state index contributed by atoms with van der Waals surface area (Å²) in [6, 6.07) is 10.1. The minimum Gasteiger partial charge on any atom is -0.496 e. The number of H-pyrrole nitrogens is 2. The maximum Gasteiger partial charge on any atom is 0.328 e. The molecule has 0 radical (unpaired) electrons. The molecule has 0 bridgehead atoms. The van der Waals surface area contributed by atoms with Crippen molar-refractivity contribution < 1.29 is 4.74 Å². The zero-order chi connectivity index (χ0) is 21.8. The zero-order valence-corrected chi connectivity index (χ0v) is 17.9. The monoisotopic (exact) mass is 431 g/mol. The molecule has 0 spiro atoms. The summed E-state index contributed by atoms with van der Waals surface area (Å²) in [4.78, 5) is 36.2. The number of benzene rings is 1. The Kier molecular flexibility index (Phi) is 4.43. The van der Waals surface area contributed by atoms with E-state index in [9.17, 15) is 9.59 Å². The van der Waals surface area contributed by atoms with Crippen molar-refractivity contribution in [3.8, 4) is 5.75 Å². The van der Waals surface area contributed by atoms with E-state index in [4.69, 9.17) is 4.74 Å². The van der Waals surface area contributed by atoms with Crippen LogP contribution in [-0.4, -0.2) is 39.2 Å². The first-order valence-electron chi connectivity index (χ1n) is 11.1. The molecule has 1 fully saturated rings. The molecule has 2 aliphatic rings. The second-order valence-corrected chi connectivity index (χ2v) is 8.82. The van der Waals surface area contributed by atoms with Crippen molar-refractivity contribution in [1.29, 1.82) is 0 Å². The molecule has 1 aliphatic heterocycles. The number of hydrogen-bond donors (Lipinski definition) is 3. The van der Waals surface area contributed by atoms with E-state index in [0.29, 0.717) is 41.4 Å². The Hall–Kier alpha value is -3.39. The third-order valence-electron chi connectivity index (χ3n) is 7.25. The topological polar surface area (TPSA) is 105 Å². The third-order valence-corrected chi connectivity index (χ3v) is 7.25. The SMILES string of the molecule is COc1cccc2c1CC[C@H]1CNC(CCn3c(=O)[nH]c4c([nH]c5cccnc54)c3=O)[C@@H]21. The van der Waals surface area contributed by atoms with Gasteiger partial charge >= 0.3 is 5.69 Å². The number of fused-ring (bicyclic) bond motifs is 6.